The van der Waals surface area contributed by atoms with E-state index in [2.05, 4.69) is 25.4 Å². The third-order valence-electron chi connectivity index (χ3n) is 6.81. The van der Waals surface area contributed by atoms with Crippen LogP contribution in [0.5, 0.6) is 5.88 Å². The SMILES string of the molecule is CCNC(=S)N1CCN(c2ccnc(O[C@H]3CC[C@H](Nc4ccc([N+](=O)[O-])c(C(F)(F)F)c4)CC3)c2)CC1. The summed E-state index contributed by atoms with van der Waals surface area (Å²) in [5.41, 5.74) is -0.947. The van der Waals surface area contributed by atoms with E-state index >= 15 is 0 Å². The number of piperazine rings is 1. The molecule has 2 heterocycles. The van der Waals surface area contributed by atoms with E-state index in [-0.39, 0.29) is 17.8 Å². The lowest BCUT2D eigenvalue weighted by molar-refractivity contribution is -0.388. The topological polar surface area (TPSA) is 95.8 Å². The van der Waals surface area contributed by atoms with Crippen molar-refractivity contribution in [1.29, 1.82) is 0 Å². The normalized spacial score (nSPS) is 20.1. The highest BCUT2D eigenvalue weighted by Crippen LogP contribution is 2.38. The predicted molar refractivity (Wildman–Crippen MR) is 143 cm³/mol. The molecule has 0 spiro atoms. The molecular weight excluding hydrogens is 521 g/mol. The molecule has 2 aromatic rings. The molecule has 2 N–H and O–H groups in total. The minimum Gasteiger partial charge on any atom is -0.474 e. The highest BCUT2D eigenvalue weighted by molar-refractivity contribution is 7.80. The van der Waals surface area contributed by atoms with E-state index in [1.165, 1.54) is 6.07 Å². The van der Waals surface area contributed by atoms with Gasteiger partial charge in [0.2, 0.25) is 5.88 Å². The molecule has 1 saturated heterocycles. The molecule has 1 aliphatic carbocycles. The van der Waals surface area contributed by atoms with Gasteiger partial charge in [0.05, 0.1) is 4.92 Å². The van der Waals surface area contributed by atoms with Crippen molar-refractivity contribution in [2.75, 3.05) is 42.9 Å². The van der Waals surface area contributed by atoms with Crippen molar-refractivity contribution >= 4 is 34.4 Å². The second-order valence-corrected chi connectivity index (χ2v) is 9.77. The zero-order valence-electron chi connectivity index (χ0n) is 21.0. The fraction of sp³-hybridized carbons (Fsp3) is 0.520. The Bertz CT molecular complexity index is 1140. The second kappa shape index (κ2) is 12.0. The summed E-state index contributed by atoms with van der Waals surface area (Å²) in [5.74, 6) is 0.551. The van der Waals surface area contributed by atoms with Gasteiger partial charge in [0.1, 0.15) is 11.7 Å². The van der Waals surface area contributed by atoms with Crippen LogP contribution in [-0.2, 0) is 6.18 Å². The Morgan fingerprint density at radius 1 is 1.16 bits per heavy atom. The van der Waals surface area contributed by atoms with Crippen LogP contribution in [0, 0.1) is 10.1 Å². The first-order valence-electron chi connectivity index (χ1n) is 12.7. The number of nitro groups is 1. The number of thiocarbonyl (C=S) groups is 1. The fourth-order valence-electron chi connectivity index (χ4n) is 4.83. The van der Waals surface area contributed by atoms with E-state index in [0.717, 1.165) is 55.7 Å². The van der Waals surface area contributed by atoms with Gasteiger partial charge in [-0.15, -0.1) is 0 Å². The molecule has 1 aromatic carbocycles. The van der Waals surface area contributed by atoms with Gasteiger partial charge < -0.3 is 25.2 Å². The molecule has 4 rings (SSSR count). The molecule has 206 valence electrons. The molecule has 0 unspecified atom stereocenters. The highest BCUT2D eigenvalue weighted by Gasteiger charge is 2.38. The van der Waals surface area contributed by atoms with Crippen molar-refractivity contribution in [1.82, 2.24) is 15.2 Å². The fourth-order valence-corrected chi connectivity index (χ4v) is 5.16. The lowest BCUT2D eigenvalue weighted by Gasteiger charge is -2.37. The molecule has 38 heavy (non-hydrogen) atoms. The van der Waals surface area contributed by atoms with Crippen LogP contribution < -0.4 is 20.3 Å². The number of aromatic nitrogens is 1. The lowest BCUT2D eigenvalue weighted by Crippen LogP contribution is -2.51. The van der Waals surface area contributed by atoms with Crippen LogP contribution in [-0.4, -0.2) is 64.8 Å². The van der Waals surface area contributed by atoms with Crippen molar-refractivity contribution in [2.24, 2.45) is 0 Å². The van der Waals surface area contributed by atoms with Gasteiger partial charge in [0, 0.05) is 68.5 Å². The number of hydrogen-bond acceptors (Lipinski definition) is 7. The maximum Gasteiger partial charge on any atom is 0.423 e. The summed E-state index contributed by atoms with van der Waals surface area (Å²) in [6.07, 6.45) is -0.313. The Morgan fingerprint density at radius 2 is 1.87 bits per heavy atom. The molecular formula is C25H31F3N6O3S. The highest BCUT2D eigenvalue weighted by atomic mass is 32.1. The molecule has 1 saturated carbocycles. The van der Waals surface area contributed by atoms with Crippen molar-refractivity contribution in [3.8, 4) is 5.88 Å². The first-order valence-corrected chi connectivity index (χ1v) is 13.1. The summed E-state index contributed by atoms with van der Waals surface area (Å²) in [4.78, 5) is 18.8. The Labute approximate surface area is 224 Å². The number of alkyl halides is 3. The van der Waals surface area contributed by atoms with Crippen LogP contribution in [0.4, 0.5) is 30.2 Å². The predicted octanol–water partition coefficient (Wildman–Crippen LogP) is 4.83. The van der Waals surface area contributed by atoms with Crippen molar-refractivity contribution < 1.29 is 22.8 Å². The van der Waals surface area contributed by atoms with E-state index in [0.29, 0.717) is 31.6 Å². The lowest BCUT2D eigenvalue weighted by atomic mass is 9.92. The molecule has 0 atom stereocenters. The Kier molecular flexibility index (Phi) is 8.75. The van der Waals surface area contributed by atoms with Crippen LogP contribution in [0.1, 0.15) is 38.2 Å². The van der Waals surface area contributed by atoms with E-state index in [1.54, 1.807) is 6.20 Å². The van der Waals surface area contributed by atoms with Crippen molar-refractivity contribution in [3.63, 3.8) is 0 Å². The largest absolute Gasteiger partial charge is 0.474 e. The van der Waals surface area contributed by atoms with Gasteiger partial charge in [-0.25, -0.2) is 4.98 Å². The third kappa shape index (κ3) is 6.94. The average Bonchev–Trinajstić information content (AvgIpc) is 2.89. The quantitative estimate of drug-likeness (QED) is 0.285. The summed E-state index contributed by atoms with van der Waals surface area (Å²) < 4.78 is 46.0. The van der Waals surface area contributed by atoms with Crippen LogP contribution in [0.15, 0.2) is 36.5 Å². The van der Waals surface area contributed by atoms with Crippen LogP contribution in [0.2, 0.25) is 0 Å². The number of halogens is 3. The van der Waals surface area contributed by atoms with E-state index < -0.39 is 22.4 Å². The molecule has 13 heteroatoms. The smallest absolute Gasteiger partial charge is 0.423 e. The number of benzene rings is 1. The van der Waals surface area contributed by atoms with Crippen LogP contribution >= 0.6 is 12.2 Å². The van der Waals surface area contributed by atoms with Gasteiger partial charge in [0.25, 0.3) is 5.69 Å². The molecule has 0 amide bonds. The van der Waals surface area contributed by atoms with E-state index in [4.69, 9.17) is 17.0 Å². The number of anilines is 2. The molecule has 0 bridgehead atoms. The Balaban J connectivity index is 1.29. The van der Waals surface area contributed by atoms with Gasteiger partial charge in [-0.2, -0.15) is 13.2 Å². The maximum atomic E-state index is 13.3. The second-order valence-electron chi connectivity index (χ2n) is 9.38. The first-order chi connectivity index (χ1) is 18.1. The van der Waals surface area contributed by atoms with Crippen molar-refractivity contribution in [2.45, 2.75) is 50.9 Å². The number of nitro benzene ring substituents is 1. The summed E-state index contributed by atoms with van der Waals surface area (Å²) in [5, 5.41) is 18.1. The molecule has 0 radical (unpaired) electrons. The standard InChI is InChI=1S/C25H31F3N6O3S/c1-2-29-24(38)33-13-11-32(12-14-33)19-9-10-30-23(16-19)37-20-6-3-17(4-7-20)31-18-5-8-22(34(35)36)21(15-18)25(26,27)28/h5,8-10,15-17,20,31H,2-4,6-7,11-14H2,1H3,(H,29,38)/t17-,20-. The maximum absolute atomic E-state index is 13.3. The average molecular weight is 553 g/mol. The number of hydrogen-bond donors (Lipinski definition) is 2. The molecule has 2 aliphatic rings. The molecule has 1 aliphatic heterocycles. The number of nitrogens with zero attached hydrogens (tertiary/aromatic N) is 4. The minimum absolute atomic E-state index is 0.0484. The zero-order valence-corrected chi connectivity index (χ0v) is 21.9. The van der Waals surface area contributed by atoms with Crippen LogP contribution in [0.3, 0.4) is 0 Å². The van der Waals surface area contributed by atoms with E-state index in [1.807, 2.05) is 19.1 Å². The summed E-state index contributed by atoms with van der Waals surface area (Å²) in [7, 11) is 0. The summed E-state index contributed by atoms with van der Waals surface area (Å²) in [6, 6.07) is 6.88. The zero-order chi connectivity index (χ0) is 27.3. The summed E-state index contributed by atoms with van der Waals surface area (Å²) >= 11 is 5.41. The molecule has 9 nitrogen and oxygen atoms in total. The molecule has 1 aromatic heterocycles. The van der Waals surface area contributed by atoms with Gasteiger partial charge in [-0.3, -0.25) is 10.1 Å². The van der Waals surface area contributed by atoms with Crippen LogP contribution in [0.25, 0.3) is 0 Å². The van der Waals surface area contributed by atoms with Gasteiger partial charge >= 0.3 is 6.18 Å². The first kappa shape index (κ1) is 27.7. The number of rotatable bonds is 7. The Morgan fingerprint density at radius 3 is 2.50 bits per heavy atom. The summed E-state index contributed by atoms with van der Waals surface area (Å²) in [6.45, 7) is 6.17. The number of ether oxygens (including phenoxy) is 1. The number of nitrogens with one attached hydrogen (secondary N) is 2. The van der Waals surface area contributed by atoms with E-state index in [9.17, 15) is 23.3 Å². The van der Waals surface area contributed by atoms with Gasteiger partial charge in [-0.1, -0.05) is 0 Å². The van der Waals surface area contributed by atoms with Gasteiger partial charge in [0.15, 0.2) is 5.11 Å². The third-order valence-corrected chi connectivity index (χ3v) is 7.21. The minimum atomic E-state index is -4.81. The Hall–Kier alpha value is -3.35. The van der Waals surface area contributed by atoms with Crippen molar-refractivity contribution in [3.05, 3.63) is 52.2 Å². The molecule has 2 fully saturated rings. The van der Waals surface area contributed by atoms with Gasteiger partial charge in [-0.05, 0) is 63.0 Å². The monoisotopic (exact) mass is 552 g/mol. The number of pyridine rings is 1.